The van der Waals surface area contributed by atoms with Gasteiger partial charge >= 0.3 is 0 Å². The van der Waals surface area contributed by atoms with Crippen LogP contribution in [-0.2, 0) is 9.59 Å². The first-order chi connectivity index (χ1) is 5.66. The Morgan fingerprint density at radius 3 is 2.75 bits per heavy atom. The molecule has 1 aliphatic rings. The predicted octanol–water partition coefficient (Wildman–Crippen LogP) is -0.475. The molecule has 0 aromatic rings. The smallest absolute Gasteiger partial charge is 0.236 e. The first kappa shape index (κ1) is 9.19. The fourth-order valence-corrected chi connectivity index (χ4v) is 1.61. The van der Waals surface area contributed by atoms with Crippen molar-refractivity contribution in [3.63, 3.8) is 0 Å². The maximum Gasteiger partial charge on any atom is 0.236 e. The minimum atomic E-state index is -0.207. The van der Waals surface area contributed by atoms with Crippen LogP contribution in [-0.4, -0.2) is 35.7 Å². The molecule has 0 aliphatic carbocycles. The summed E-state index contributed by atoms with van der Waals surface area (Å²) < 4.78 is 0. The number of carbonyl (C=O) groups is 2. The molecular formula is C8H14N2O2. The molecule has 1 saturated heterocycles. The van der Waals surface area contributed by atoms with Gasteiger partial charge in [0.15, 0.2) is 5.78 Å². The van der Waals surface area contributed by atoms with E-state index in [0.717, 1.165) is 12.8 Å². The Morgan fingerprint density at radius 1 is 1.58 bits per heavy atom. The molecule has 0 unspecified atom stereocenters. The van der Waals surface area contributed by atoms with E-state index in [0.29, 0.717) is 6.54 Å². The highest BCUT2D eigenvalue weighted by Gasteiger charge is 2.30. The van der Waals surface area contributed by atoms with E-state index < -0.39 is 0 Å². The van der Waals surface area contributed by atoms with E-state index in [4.69, 9.17) is 5.73 Å². The molecule has 1 atom stereocenters. The van der Waals surface area contributed by atoms with Crippen molar-refractivity contribution < 1.29 is 9.59 Å². The molecular weight excluding hydrogens is 156 g/mol. The van der Waals surface area contributed by atoms with E-state index in [-0.39, 0.29) is 24.3 Å². The standard InChI is InChI=1S/C8H14N2O2/c1-6(11)7-3-2-4-10(7)8(12)5-9/h7H,2-5,9H2,1H3/t7-/m0/s1. The molecule has 4 heteroatoms. The third-order valence-electron chi connectivity index (χ3n) is 2.22. The maximum absolute atomic E-state index is 11.2. The molecule has 4 nitrogen and oxygen atoms in total. The van der Waals surface area contributed by atoms with Crippen molar-refractivity contribution in [3.8, 4) is 0 Å². The number of nitrogens with two attached hydrogens (primary N) is 1. The normalized spacial score (nSPS) is 22.8. The summed E-state index contributed by atoms with van der Waals surface area (Å²) in [5.74, 6) is -0.0537. The van der Waals surface area contributed by atoms with Gasteiger partial charge in [-0.05, 0) is 19.8 Å². The quantitative estimate of drug-likeness (QED) is 0.609. The second kappa shape index (κ2) is 3.67. The Morgan fingerprint density at radius 2 is 2.25 bits per heavy atom. The molecule has 2 N–H and O–H groups in total. The van der Waals surface area contributed by atoms with Crippen LogP contribution in [0.1, 0.15) is 19.8 Å². The van der Waals surface area contributed by atoms with Gasteiger partial charge in [0.25, 0.3) is 0 Å². The van der Waals surface area contributed by atoms with Gasteiger partial charge in [0, 0.05) is 6.54 Å². The number of hydrogen-bond acceptors (Lipinski definition) is 3. The third kappa shape index (κ3) is 1.64. The summed E-state index contributed by atoms with van der Waals surface area (Å²) >= 11 is 0. The summed E-state index contributed by atoms with van der Waals surface area (Å²) in [6.07, 6.45) is 1.71. The highest BCUT2D eigenvalue weighted by atomic mass is 16.2. The number of ketones is 1. The Labute approximate surface area is 71.7 Å². The van der Waals surface area contributed by atoms with E-state index in [1.54, 1.807) is 4.90 Å². The summed E-state index contributed by atoms with van der Waals surface area (Å²) in [4.78, 5) is 23.8. The fraction of sp³-hybridized carbons (Fsp3) is 0.750. The number of carbonyl (C=O) groups excluding carboxylic acids is 2. The van der Waals surface area contributed by atoms with Crippen LogP contribution in [0.2, 0.25) is 0 Å². The summed E-state index contributed by atoms with van der Waals surface area (Å²) in [5, 5.41) is 0. The Hall–Kier alpha value is -0.900. The van der Waals surface area contributed by atoms with Gasteiger partial charge in [-0.15, -0.1) is 0 Å². The van der Waals surface area contributed by atoms with E-state index in [1.165, 1.54) is 6.92 Å². The number of hydrogen-bond donors (Lipinski definition) is 1. The zero-order valence-electron chi connectivity index (χ0n) is 7.25. The summed E-state index contributed by atoms with van der Waals surface area (Å²) in [7, 11) is 0. The van der Waals surface area contributed by atoms with Crippen molar-refractivity contribution >= 4 is 11.7 Å². The molecule has 1 fully saturated rings. The average Bonchev–Trinajstić information content (AvgIpc) is 2.50. The molecule has 1 rings (SSSR count). The number of Topliss-reactive ketones (excluding diaryl/α,β-unsaturated/α-hetero) is 1. The summed E-state index contributed by atoms with van der Waals surface area (Å²) in [6, 6.07) is -0.207. The number of nitrogens with zero attached hydrogens (tertiary/aromatic N) is 1. The van der Waals surface area contributed by atoms with Gasteiger partial charge in [0.1, 0.15) is 0 Å². The van der Waals surface area contributed by atoms with Gasteiger partial charge in [0.2, 0.25) is 5.91 Å². The lowest BCUT2D eigenvalue weighted by Gasteiger charge is -2.21. The zero-order valence-corrected chi connectivity index (χ0v) is 7.25. The summed E-state index contributed by atoms with van der Waals surface area (Å²) in [6.45, 7) is 2.21. The van der Waals surface area contributed by atoms with E-state index >= 15 is 0 Å². The number of likely N-dealkylation sites (tertiary alicyclic amines) is 1. The molecule has 0 spiro atoms. The fourth-order valence-electron chi connectivity index (χ4n) is 1.61. The van der Waals surface area contributed by atoms with Gasteiger partial charge in [-0.25, -0.2) is 0 Å². The topological polar surface area (TPSA) is 63.4 Å². The third-order valence-corrected chi connectivity index (χ3v) is 2.22. The summed E-state index contributed by atoms with van der Waals surface area (Å²) in [5.41, 5.74) is 5.21. The highest BCUT2D eigenvalue weighted by Crippen LogP contribution is 2.17. The molecule has 1 amide bonds. The van der Waals surface area contributed by atoms with Crippen LogP contribution >= 0.6 is 0 Å². The van der Waals surface area contributed by atoms with E-state index in [2.05, 4.69) is 0 Å². The Balaban J connectivity index is 2.63. The number of rotatable bonds is 2. The molecule has 0 radical (unpaired) electrons. The molecule has 0 bridgehead atoms. The minimum absolute atomic E-state index is 0.00375. The van der Waals surface area contributed by atoms with Crippen LogP contribution in [0.25, 0.3) is 0 Å². The van der Waals surface area contributed by atoms with Crippen LogP contribution in [0.4, 0.5) is 0 Å². The van der Waals surface area contributed by atoms with Crippen LogP contribution in [0.15, 0.2) is 0 Å². The Bertz CT molecular complexity index is 203. The van der Waals surface area contributed by atoms with Crippen molar-refractivity contribution in [3.05, 3.63) is 0 Å². The van der Waals surface area contributed by atoms with Crippen molar-refractivity contribution in [2.24, 2.45) is 5.73 Å². The maximum atomic E-state index is 11.2. The van der Waals surface area contributed by atoms with Crippen LogP contribution in [0.3, 0.4) is 0 Å². The Kier molecular flexibility index (Phi) is 2.81. The lowest BCUT2D eigenvalue weighted by molar-refractivity contribution is -0.135. The van der Waals surface area contributed by atoms with Crippen LogP contribution < -0.4 is 5.73 Å². The molecule has 1 aliphatic heterocycles. The molecule has 12 heavy (non-hydrogen) atoms. The largest absolute Gasteiger partial charge is 0.332 e. The van der Waals surface area contributed by atoms with Gasteiger partial charge in [-0.1, -0.05) is 0 Å². The molecule has 0 aromatic carbocycles. The van der Waals surface area contributed by atoms with Crippen molar-refractivity contribution in [2.75, 3.05) is 13.1 Å². The van der Waals surface area contributed by atoms with Crippen LogP contribution in [0, 0.1) is 0 Å². The first-order valence-electron chi connectivity index (χ1n) is 4.17. The predicted molar refractivity (Wildman–Crippen MR) is 44.5 cm³/mol. The second-order valence-electron chi connectivity index (χ2n) is 3.06. The van der Waals surface area contributed by atoms with Crippen molar-refractivity contribution in [1.29, 1.82) is 0 Å². The highest BCUT2D eigenvalue weighted by molar-refractivity contribution is 5.88. The van der Waals surface area contributed by atoms with Gasteiger partial charge in [-0.3, -0.25) is 9.59 Å². The first-order valence-corrected chi connectivity index (χ1v) is 4.17. The van der Waals surface area contributed by atoms with E-state index in [1.807, 2.05) is 0 Å². The number of amides is 1. The van der Waals surface area contributed by atoms with Crippen molar-refractivity contribution in [1.82, 2.24) is 4.90 Å². The average molecular weight is 170 g/mol. The molecule has 68 valence electrons. The minimum Gasteiger partial charge on any atom is -0.332 e. The molecule has 1 heterocycles. The van der Waals surface area contributed by atoms with Crippen LogP contribution in [0.5, 0.6) is 0 Å². The molecule has 0 aromatic heterocycles. The lowest BCUT2D eigenvalue weighted by atomic mass is 10.1. The monoisotopic (exact) mass is 170 g/mol. The van der Waals surface area contributed by atoms with Gasteiger partial charge in [0.05, 0.1) is 12.6 Å². The zero-order chi connectivity index (χ0) is 9.14. The second-order valence-corrected chi connectivity index (χ2v) is 3.06. The lowest BCUT2D eigenvalue weighted by Crippen LogP contribution is -2.42. The van der Waals surface area contributed by atoms with Crippen molar-refractivity contribution in [2.45, 2.75) is 25.8 Å². The van der Waals surface area contributed by atoms with Gasteiger partial charge < -0.3 is 10.6 Å². The van der Waals surface area contributed by atoms with E-state index in [9.17, 15) is 9.59 Å². The molecule has 0 saturated carbocycles. The SMILES string of the molecule is CC(=O)[C@@H]1CCCN1C(=O)CN. The van der Waals surface area contributed by atoms with Gasteiger partial charge in [-0.2, -0.15) is 0 Å².